The summed E-state index contributed by atoms with van der Waals surface area (Å²) in [5.74, 6) is -0.0269. The molecule has 0 saturated carbocycles. The Morgan fingerprint density at radius 3 is 2.96 bits per heavy atom. The normalized spacial score (nSPS) is 19.3. The number of nitrogens with one attached hydrogen (secondary N) is 1. The number of aromatic amines is 1. The molecule has 2 aliphatic heterocycles. The molecule has 1 atom stereocenters. The van der Waals surface area contributed by atoms with Crippen LogP contribution < -0.4 is 0 Å². The lowest BCUT2D eigenvalue weighted by molar-refractivity contribution is 0.0726. The minimum Gasteiger partial charge on any atom is -0.336 e. The van der Waals surface area contributed by atoms with E-state index < -0.39 is 0 Å². The summed E-state index contributed by atoms with van der Waals surface area (Å²) < 4.78 is 0. The highest BCUT2D eigenvalue weighted by atomic mass is 16.2. The maximum atomic E-state index is 13.0. The maximum Gasteiger partial charge on any atom is 0.254 e. The molecule has 1 aromatic carbocycles. The van der Waals surface area contributed by atoms with E-state index in [-0.39, 0.29) is 11.8 Å². The van der Waals surface area contributed by atoms with Crippen LogP contribution in [0.5, 0.6) is 0 Å². The predicted molar refractivity (Wildman–Crippen MR) is 106 cm³/mol. The van der Waals surface area contributed by atoms with Gasteiger partial charge in [-0.05, 0) is 49.7 Å². The molecule has 0 spiro atoms. The van der Waals surface area contributed by atoms with Crippen LogP contribution in [0, 0.1) is 0 Å². The number of aromatic nitrogens is 2. The van der Waals surface area contributed by atoms with E-state index >= 15 is 0 Å². The minimum atomic E-state index is -0.0721. The lowest BCUT2D eigenvalue weighted by Crippen LogP contribution is -2.40. The Kier molecular flexibility index (Phi) is 5.17. The molecule has 4 rings (SSSR count). The fraction of sp³-hybridized carbons (Fsp3) is 0.476. The largest absolute Gasteiger partial charge is 0.336 e. The zero-order valence-corrected chi connectivity index (χ0v) is 16.5. The van der Waals surface area contributed by atoms with Crippen molar-refractivity contribution in [2.75, 3.05) is 26.7 Å². The lowest BCUT2D eigenvalue weighted by atomic mass is 10.0. The van der Waals surface area contributed by atoms with E-state index in [4.69, 9.17) is 0 Å². The summed E-state index contributed by atoms with van der Waals surface area (Å²) in [7, 11) is 1.77. The molecule has 1 fully saturated rings. The summed E-state index contributed by atoms with van der Waals surface area (Å²) in [6.07, 6.45) is 4.00. The molecule has 1 aromatic heterocycles. The molecular formula is C21H27N5O2. The molecule has 1 saturated heterocycles. The number of likely N-dealkylation sites (N-methyl/N-ethyl adjacent to an activating group) is 1. The second-order valence-electron chi connectivity index (χ2n) is 7.69. The van der Waals surface area contributed by atoms with E-state index in [0.717, 1.165) is 37.3 Å². The zero-order valence-electron chi connectivity index (χ0n) is 16.5. The van der Waals surface area contributed by atoms with Crippen molar-refractivity contribution in [3.63, 3.8) is 0 Å². The molecular weight excluding hydrogens is 354 g/mol. The highest BCUT2D eigenvalue weighted by Gasteiger charge is 2.34. The zero-order chi connectivity index (χ0) is 19.7. The van der Waals surface area contributed by atoms with Gasteiger partial charge in [0.15, 0.2) is 0 Å². The summed E-state index contributed by atoms with van der Waals surface area (Å²) in [6, 6.07) is 7.76. The summed E-state index contributed by atoms with van der Waals surface area (Å²) in [5, 5.41) is 6.81. The van der Waals surface area contributed by atoms with E-state index in [0.29, 0.717) is 30.3 Å². The first-order valence-electron chi connectivity index (χ1n) is 9.97. The van der Waals surface area contributed by atoms with Gasteiger partial charge in [-0.3, -0.25) is 19.6 Å². The SMILES string of the molecule is CCN1CCC[C@H]1CN1Cc2c(C(=O)N(C)Cc3ccn[nH]3)cccc2C1=O. The predicted octanol–water partition coefficient (Wildman–Crippen LogP) is 2.12. The number of rotatable bonds is 6. The Hall–Kier alpha value is -2.67. The topological polar surface area (TPSA) is 72.5 Å². The van der Waals surface area contributed by atoms with Gasteiger partial charge in [0.05, 0.1) is 12.2 Å². The van der Waals surface area contributed by atoms with Gasteiger partial charge in [0, 0.05) is 43.5 Å². The third kappa shape index (κ3) is 3.42. The number of likely N-dealkylation sites (tertiary alicyclic amines) is 1. The molecule has 0 radical (unpaired) electrons. The molecule has 0 unspecified atom stereocenters. The van der Waals surface area contributed by atoms with Crippen molar-refractivity contribution in [1.29, 1.82) is 0 Å². The average Bonchev–Trinajstić information content (AvgIpc) is 3.43. The van der Waals surface area contributed by atoms with Crippen LogP contribution in [-0.4, -0.2) is 69.4 Å². The van der Waals surface area contributed by atoms with Gasteiger partial charge in [-0.1, -0.05) is 13.0 Å². The molecule has 0 bridgehead atoms. The van der Waals surface area contributed by atoms with Crippen LogP contribution in [0.15, 0.2) is 30.5 Å². The van der Waals surface area contributed by atoms with E-state index in [2.05, 4.69) is 22.0 Å². The standard InChI is InChI=1S/C21H27N5O2/c1-3-25-11-5-6-16(25)13-26-14-19-17(7-4-8-18(19)21(26)28)20(27)24(2)12-15-9-10-22-23-15/h4,7-10,16H,3,5-6,11-14H2,1-2H3,(H,22,23)/t16-/m0/s1. The average molecular weight is 381 g/mol. The third-order valence-electron chi connectivity index (χ3n) is 5.92. The number of carbonyl (C=O) groups excluding carboxylic acids is 2. The Morgan fingerprint density at radius 2 is 2.21 bits per heavy atom. The van der Waals surface area contributed by atoms with Crippen LogP contribution in [0.25, 0.3) is 0 Å². The van der Waals surface area contributed by atoms with Crippen LogP contribution in [0.2, 0.25) is 0 Å². The fourth-order valence-electron chi connectivity index (χ4n) is 4.42. The number of fused-ring (bicyclic) bond motifs is 1. The highest BCUT2D eigenvalue weighted by molar-refractivity contribution is 6.04. The van der Waals surface area contributed by atoms with Crippen molar-refractivity contribution < 1.29 is 9.59 Å². The Balaban J connectivity index is 1.51. The summed E-state index contributed by atoms with van der Waals surface area (Å²) in [5.41, 5.74) is 3.02. The number of hydrogen-bond donors (Lipinski definition) is 1. The van der Waals surface area contributed by atoms with Gasteiger partial charge >= 0.3 is 0 Å². The molecule has 3 heterocycles. The molecule has 1 N–H and O–H groups in total. The van der Waals surface area contributed by atoms with E-state index in [1.165, 1.54) is 6.42 Å². The van der Waals surface area contributed by atoms with Crippen molar-refractivity contribution in [1.82, 2.24) is 24.9 Å². The minimum absolute atomic E-state index is 0.0452. The Morgan fingerprint density at radius 1 is 1.36 bits per heavy atom. The van der Waals surface area contributed by atoms with Gasteiger partial charge in [-0.15, -0.1) is 0 Å². The fourth-order valence-corrected chi connectivity index (χ4v) is 4.42. The maximum absolute atomic E-state index is 13.0. The van der Waals surface area contributed by atoms with Gasteiger partial charge in [-0.2, -0.15) is 5.10 Å². The van der Waals surface area contributed by atoms with Crippen LogP contribution in [0.1, 0.15) is 51.7 Å². The van der Waals surface area contributed by atoms with Crippen molar-refractivity contribution in [3.05, 3.63) is 52.8 Å². The van der Waals surface area contributed by atoms with Crippen LogP contribution in [0.4, 0.5) is 0 Å². The van der Waals surface area contributed by atoms with E-state index in [1.54, 1.807) is 18.1 Å². The summed E-state index contributed by atoms with van der Waals surface area (Å²) in [4.78, 5) is 32.0. The Bertz CT molecular complexity index is 864. The van der Waals surface area contributed by atoms with E-state index in [9.17, 15) is 9.59 Å². The number of amides is 2. The Labute approximate surface area is 165 Å². The molecule has 2 aromatic rings. The van der Waals surface area contributed by atoms with Gasteiger partial charge in [0.25, 0.3) is 11.8 Å². The van der Waals surface area contributed by atoms with Gasteiger partial charge < -0.3 is 9.80 Å². The van der Waals surface area contributed by atoms with E-state index in [1.807, 2.05) is 29.2 Å². The van der Waals surface area contributed by atoms with Crippen molar-refractivity contribution in [2.45, 2.75) is 38.9 Å². The molecule has 148 valence electrons. The molecule has 2 amide bonds. The first kappa shape index (κ1) is 18.7. The lowest BCUT2D eigenvalue weighted by Gasteiger charge is -2.27. The molecule has 7 heteroatoms. The number of benzene rings is 1. The van der Waals surface area contributed by atoms with Gasteiger partial charge in [0.2, 0.25) is 0 Å². The first-order chi connectivity index (χ1) is 13.6. The summed E-state index contributed by atoms with van der Waals surface area (Å²) >= 11 is 0. The smallest absolute Gasteiger partial charge is 0.254 e. The highest BCUT2D eigenvalue weighted by Crippen LogP contribution is 2.29. The molecule has 28 heavy (non-hydrogen) atoms. The van der Waals surface area contributed by atoms with Crippen LogP contribution in [-0.2, 0) is 13.1 Å². The quantitative estimate of drug-likeness (QED) is 0.832. The van der Waals surface area contributed by atoms with Crippen LogP contribution in [0.3, 0.4) is 0 Å². The van der Waals surface area contributed by atoms with Crippen LogP contribution >= 0.6 is 0 Å². The van der Waals surface area contributed by atoms with Gasteiger partial charge in [-0.25, -0.2) is 0 Å². The number of H-pyrrole nitrogens is 1. The number of hydrogen-bond acceptors (Lipinski definition) is 4. The van der Waals surface area contributed by atoms with Crippen molar-refractivity contribution in [3.8, 4) is 0 Å². The molecule has 2 aliphatic rings. The molecule has 0 aliphatic carbocycles. The van der Waals surface area contributed by atoms with Gasteiger partial charge in [0.1, 0.15) is 0 Å². The first-order valence-corrected chi connectivity index (χ1v) is 9.97. The summed E-state index contributed by atoms with van der Waals surface area (Å²) in [6.45, 7) is 6.00. The third-order valence-corrected chi connectivity index (χ3v) is 5.92. The van der Waals surface area contributed by atoms with Crippen molar-refractivity contribution >= 4 is 11.8 Å². The number of carbonyl (C=O) groups is 2. The monoisotopic (exact) mass is 381 g/mol. The second kappa shape index (κ2) is 7.75. The second-order valence-corrected chi connectivity index (χ2v) is 7.69. The van der Waals surface area contributed by atoms with Crippen molar-refractivity contribution in [2.24, 2.45) is 0 Å². The number of nitrogens with zero attached hydrogens (tertiary/aromatic N) is 4. The molecule has 7 nitrogen and oxygen atoms in total.